The van der Waals surface area contributed by atoms with Gasteiger partial charge in [0, 0.05) is 44.5 Å². The molecule has 3 heterocycles. The van der Waals surface area contributed by atoms with Crippen molar-refractivity contribution in [3.8, 4) is 0 Å². The third kappa shape index (κ3) is 4.76. The summed E-state index contributed by atoms with van der Waals surface area (Å²) in [5, 5.41) is 12.5. The zero-order valence-corrected chi connectivity index (χ0v) is 17.0. The molecule has 2 aromatic heterocycles. The molecule has 3 aromatic rings. The van der Waals surface area contributed by atoms with Gasteiger partial charge in [0.25, 0.3) is 0 Å². The van der Waals surface area contributed by atoms with E-state index in [1.807, 2.05) is 22.9 Å². The maximum absolute atomic E-state index is 5.88. The molecule has 154 valence electrons. The smallest absolute Gasteiger partial charge is 0.191 e. The summed E-state index contributed by atoms with van der Waals surface area (Å²) in [6, 6.07) is 10.4. The van der Waals surface area contributed by atoms with E-state index in [9.17, 15) is 0 Å². The molecule has 0 saturated carbocycles. The number of rotatable bonds is 7. The molecule has 0 radical (unpaired) electrons. The highest BCUT2D eigenvalue weighted by Gasteiger charge is 2.22. The summed E-state index contributed by atoms with van der Waals surface area (Å²) in [4.78, 5) is 9.27. The molecule has 29 heavy (non-hydrogen) atoms. The number of hydrogen-bond acceptors (Lipinski definition) is 5. The molecular formula is C21H28N6O2. The van der Waals surface area contributed by atoms with Crippen LogP contribution in [-0.2, 0) is 30.7 Å². The summed E-state index contributed by atoms with van der Waals surface area (Å²) in [6.07, 6.45) is 2.66. The number of benzene rings is 1. The molecule has 4 rings (SSSR count). The first-order valence-electron chi connectivity index (χ1n) is 10.2. The van der Waals surface area contributed by atoms with Gasteiger partial charge < -0.3 is 19.8 Å². The molecule has 1 aromatic carbocycles. The number of guanidine groups is 1. The van der Waals surface area contributed by atoms with Gasteiger partial charge in [-0.2, -0.15) is 5.10 Å². The van der Waals surface area contributed by atoms with Gasteiger partial charge in [-0.25, -0.2) is 9.67 Å². The Kier molecular flexibility index (Phi) is 6.09. The van der Waals surface area contributed by atoms with Crippen LogP contribution < -0.4 is 10.6 Å². The van der Waals surface area contributed by atoms with Crippen molar-refractivity contribution < 1.29 is 9.15 Å². The minimum atomic E-state index is 0.267. The first-order chi connectivity index (χ1) is 14.2. The second-order valence-electron chi connectivity index (χ2n) is 7.20. The van der Waals surface area contributed by atoms with Crippen molar-refractivity contribution in [2.45, 2.75) is 45.4 Å². The van der Waals surface area contributed by atoms with E-state index >= 15 is 0 Å². The van der Waals surface area contributed by atoms with Gasteiger partial charge in [0.05, 0.1) is 6.54 Å². The summed E-state index contributed by atoms with van der Waals surface area (Å²) in [7, 11) is 1.66. The van der Waals surface area contributed by atoms with E-state index in [0.29, 0.717) is 13.2 Å². The molecule has 8 nitrogen and oxygen atoms in total. The Morgan fingerprint density at radius 3 is 3.10 bits per heavy atom. The van der Waals surface area contributed by atoms with Crippen LogP contribution in [0.2, 0.25) is 0 Å². The van der Waals surface area contributed by atoms with Gasteiger partial charge >= 0.3 is 0 Å². The number of methoxy groups -OCH3 is 1. The van der Waals surface area contributed by atoms with E-state index in [1.54, 1.807) is 7.11 Å². The third-order valence-electron chi connectivity index (χ3n) is 4.97. The Labute approximate surface area is 170 Å². The van der Waals surface area contributed by atoms with Crippen LogP contribution in [0, 0.1) is 0 Å². The Balaban J connectivity index is 1.35. The minimum Gasteiger partial charge on any atom is -0.461 e. The summed E-state index contributed by atoms with van der Waals surface area (Å²) >= 11 is 0. The Bertz CT molecular complexity index is 944. The number of aliphatic imine (C=N–C) groups is 1. The lowest BCUT2D eigenvalue weighted by atomic mass is 10.1. The number of furan rings is 1. The molecule has 1 atom stereocenters. The summed E-state index contributed by atoms with van der Waals surface area (Å²) in [5.74, 6) is 3.56. The second kappa shape index (κ2) is 9.09. The number of ether oxygens (including phenoxy) is 1. The van der Waals surface area contributed by atoms with Gasteiger partial charge in [-0.3, -0.25) is 4.99 Å². The van der Waals surface area contributed by atoms with Crippen molar-refractivity contribution in [3.05, 3.63) is 47.7 Å². The molecule has 0 spiro atoms. The van der Waals surface area contributed by atoms with Crippen molar-refractivity contribution in [3.63, 3.8) is 0 Å². The average Bonchev–Trinajstić information content (AvgIpc) is 3.31. The van der Waals surface area contributed by atoms with E-state index in [4.69, 9.17) is 14.1 Å². The maximum Gasteiger partial charge on any atom is 0.191 e. The van der Waals surface area contributed by atoms with Crippen LogP contribution in [0.3, 0.4) is 0 Å². The van der Waals surface area contributed by atoms with Crippen molar-refractivity contribution in [2.75, 3.05) is 20.2 Å². The van der Waals surface area contributed by atoms with Gasteiger partial charge in [-0.05, 0) is 25.5 Å². The molecule has 0 amide bonds. The van der Waals surface area contributed by atoms with Crippen LogP contribution in [0.15, 0.2) is 39.7 Å². The van der Waals surface area contributed by atoms with Crippen LogP contribution in [-0.4, -0.2) is 47.0 Å². The fourth-order valence-corrected chi connectivity index (χ4v) is 3.62. The molecular weight excluding hydrogens is 368 g/mol. The Hall–Kier alpha value is -2.87. The standard InChI is InChI=1S/C21H28N6O2/c1-3-22-21(23-11-10-17-12-15-6-4-5-7-18(15)29-17)24-16-8-9-20-25-19(14-28-2)26-27(20)13-16/h4-7,12,16H,3,8-11,13-14H2,1-2H3,(H2,22,23,24). The van der Waals surface area contributed by atoms with Crippen molar-refractivity contribution in [2.24, 2.45) is 4.99 Å². The molecule has 1 aliphatic rings. The highest BCUT2D eigenvalue weighted by Crippen LogP contribution is 2.19. The summed E-state index contributed by atoms with van der Waals surface area (Å²) in [6.45, 7) is 4.78. The lowest BCUT2D eigenvalue weighted by Gasteiger charge is -2.25. The average molecular weight is 396 g/mol. The van der Waals surface area contributed by atoms with Crippen LogP contribution in [0.25, 0.3) is 11.0 Å². The van der Waals surface area contributed by atoms with Gasteiger partial charge in [-0.15, -0.1) is 0 Å². The van der Waals surface area contributed by atoms with Crippen LogP contribution in [0.4, 0.5) is 0 Å². The predicted octanol–water partition coefficient (Wildman–Crippen LogP) is 2.28. The van der Waals surface area contributed by atoms with Gasteiger partial charge in [-0.1, -0.05) is 18.2 Å². The molecule has 0 saturated heterocycles. The number of nitrogens with zero attached hydrogens (tertiary/aromatic N) is 4. The molecule has 0 bridgehead atoms. The predicted molar refractivity (Wildman–Crippen MR) is 112 cm³/mol. The van der Waals surface area contributed by atoms with E-state index in [0.717, 1.165) is 66.7 Å². The number of hydrogen-bond donors (Lipinski definition) is 2. The Morgan fingerprint density at radius 2 is 2.28 bits per heavy atom. The fourth-order valence-electron chi connectivity index (χ4n) is 3.62. The van der Waals surface area contributed by atoms with E-state index in [2.05, 4.69) is 39.8 Å². The lowest BCUT2D eigenvalue weighted by Crippen LogP contribution is -2.47. The maximum atomic E-state index is 5.88. The number of aromatic nitrogens is 3. The first kappa shape index (κ1) is 19.4. The largest absolute Gasteiger partial charge is 0.461 e. The van der Waals surface area contributed by atoms with Gasteiger partial charge in [0.2, 0.25) is 0 Å². The number of aryl methyl sites for hydroxylation is 1. The van der Waals surface area contributed by atoms with Crippen LogP contribution >= 0.6 is 0 Å². The number of nitrogens with one attached hydrogen (secondary N) is 2. The van der Waals surface area contributed by atoms with E-state index in [-0.39, 0.29) is 6.04 Å². The highest BCUT2D eigenvalue weighted by atomic mass is 16.5. The summed E-state index contributed by atoms with van der Waals surface area (Å²) in [5.41, 5.74) is 0.926. The summed E-state index contributed by atoms with van der Waals surface area (Å²) < 4.78 is 13.0. The second-order valence-corrected chi connectivity index (χ2v) is 7.20. The lowest BCUT2D eigenvalue weighted by molar-refractivity contribution is 0.177. The molecule has 1 aliphatic heterocycles. The third-order valence-corrected chi connectivity index (χ3v) is 4.97. The molecule has 0 aliphatic carbocycles. The fraction of sp³-hybridized carbons (Fsp3) is 0.476. The quantitative estimate of drug-likeness (QED) is 0.470. The molecule has 8 heteroatoms. The monoisotopic (exact) mass is 396 g/mol. The molecule has 1 unspecified atom stereocenters. The van der Waals surface area contributed by atoms with Gasteiger partial charge in [0.1, 0.15) is 23.8 Å². The van der Waals surface area contributed by atoms with E-state index < -0.39 is 0 Å². The van der Waals surface area contributed by atoms with Gasteiger partial charge in [0.15, 0.2) is 11.8 Å². The normalized spacial score (nSPS) is 16.8. The minimum absolute atomic E-state index is 0.267. The first-order valence-corrected chi connectivity index (χ1v) is 10.2. The van der Waals surface area contributed by atoms with Crippen LogP contribution in [0.1, 0.15) is 30.8 Å². The van der Waals surface area contributed by atoms with Crippen LogP contribution in [0.5, 0.6) is 0 Å². The zero-order valence-electron chi connectivity index (χ0n) is 17.0. The van der Waals surface area contributed by atoms with Crippen molar-refractivity contribution in [1.29, 1.82) is 0 Å². The van der Waals surface area contributed by atoms with Crippen molar-refractivity contribution in [1.82, 2.24) is 25.4 Å². The SMILES string of the molecule is CCNC(=NCCc1cc2ccccc2o1)NC1CCc2nc(COC)nn2C1. The molecule has 2 N–H and O–H groups in total. The Morgan fingerprint density at radius 1 is 1.38 bits per heavy atom. The van der Waals surface area contributed by atoms with Crippen molar-refractivity contribution >= 4 is 16.9 Å². The van der Waals surface area contributed by atoms with E-state index in [1.165, 1.54) is 0 Å². The molecule has 0 fully saturated rings. The number of fused-ring (bicyclic) bond motifs is 2. The highest BCUT2D eigenvalue weighted by molar-refractivity contribution is 5.80. The number of para-hydroxylation sites is 1. The zero-order chi connectivity index (χ0) is 20.1. The topological polar surface area (TPSA) is 89.5 Å².